The molecule has 0 saturated heterocycles. The second-order valence-corrected chi connectivity index (χ2v) is 5.20. The van der Waals surface area contributed by atoms with E-state index in [2.05, 4.69) is 15.4 Å². The number of urea groups is 1. The Morgan fingerprint density at radius 3 is 2.83 bits per heavy atom. The van der Waals surface area contributed by atoms with Gasteiger partial charge < -0.3 is 10.2 Å². The number of nitrogens with zero attached hydrogens (tertiary/aromatic N) is 4. The van der Waals surface area contributed by atoms with Crippen molar-refractivity contribution in [3.63, 3.8) is 0 Å². The Bertz CT molecular complexity index is 647. The van der Waals surface area contributed by atoms with Gasteiger partial charge in [0.2, 0.25) is 0 Å². The van der Waals surface area contributed by atoms with Crippen molar-refractivity contribution in [2.45, 2.75) is 25.9 Å². The van der Waals surface area contributed by atoms with Gasteiger partial charge in [0, 0.05) is 20.1 Å². The quantitative estimate of drug-likeness (QED) is 0.830. The number of rotatable bonds is 6. The average Bonchev–Trinajstić information content (AvgIpc) is 3.06. The van der Waals surface area contributed by atoms with Gasteiger partial charge in [0.15, 0.2) is 11.6 Å². The van der Waals surface area contributed by atoms with Crippen LogP contribution >= 0.6 is 0 Å². The highest BCUT2D eigenvalue weighted by Gasteiger charge is 2.18. The number of carbonyl (C=O) groups excluding carboxylic acids is 1. The molecule has 1 aromatic carbocycles. The van der Waals surface area contributed by atoms with Crippen molar-refractivity contribution >= 4 is 6.03 Å². The van der Waals surface area contributed by atoms with E-state index in [9.17, 15) is 13.6 Å². The van der Waals surface area contributed by atoms with E-state index in [1.54, 1.807) is 25.0 Å². The van der Waals surface area contributed by atoms with Crippen molar-refractivity contribution in [3.8, 4) is 0 Å². The molecule has 23 heavy (non-hydrogen) atoms. The summed E-state index contributed by atoms with van der Waals surface area (Å²) in [7, 11) is 1.61. The SMILES string of the molecule is C[C@H](c1ccc(F)c(F)c1)N(C)C(=O)NCCCn1cncn1. The number of carbonyl (C=O) groups is 1. The fourth-order valence-corrected chi connectivity index (χ4v) is 2.08. The summed E-state index contributed by atoms with van der Waals surface area (Å²) in [6.07, 6.45) is 3.78. The zero-order chi connectivity index (χ0) is 16.8. The van der Waals surface area contributed by atoms with Crippen LogP contribution in [0.1, 0.15) is 24.9 Å². The fourth-order valence-electron chi connectivity index (χ4n) is 2.08. The minimum absolute atomic E-state index is 0.277. The maximum atomic E-state index is 13.3. The third kappa shape index (κ3) is 4.48. The van der Waals surface area contributed by atoms with E-state index in [1.807, 2.05) is 0 Å². The molecule has 2 rings (SSSR count). The maximum Gasteiger partial charge on any atom is 0.317 e. The summed E-state index contributed by atoms with van der Waals surface area (Å²) in [6.45, 7) is 2.89. The molecule has 0 bridgehead atoms. The molecule has 0 saturated carbocycles. The van der Waals surface area contributed by atoms with E-state index < -0.39 is 11.6 Å². The van der Waals surface area contributed by atoms with Gasteiger partial charge >= 0.3 is 6.03 Å². The van der Waals surface area contributed by atoms with Crippen LogP contribution in [-0.4, -0.2) is 39.3 Å². The molecule has 0 aliphatic heterocycles. The summed E-state index contributed by atoms with van der Waals surface area (Å²) in [5, 5.41) is 6.75. The smallest absolute Gasteiger partial charge is 0.317 e. The van der Waals surface area contributed by atoms with Crippen LogP contribution in [0.4, 0.5) is 13.6 Å². The van der Waals surface area contributed by atoms with Crippen molar-refractivity contribution in [2.75, 3.05) is 13.6 Å². The lowest BCUT2D eigenvalue weighted by Crippen LogP contribution is -2.39. The van der Waals surface area contributed by atoms with Crippen LogP contribution in [0.5, 0.6) is 0 Å². The molecule has 1 heterocycles. The highest BCUT2D eigenvalue weighted by molar-refractivity contribution is 5.74. The van der Waals surface area contributed by atoms with Gasteiger partial charge in [-0.05, 0) is 31.0 Å². The minimum Gasteiger partial charge on any atom is -0.338 e. The van der Waals surface area contributed by atoms with Crippen LogP contribution in [0.3, 0.4) is 0 Å². The number of amides is 2. The zero-order valence-electron chi connectivity index (χ0n) is 13.0. The topological polar surface area (TPSA) is 63.1 Å². The summed E-state index contributed by atoms with van der Waals surface area (Å²) >= 11 is 0. The number of hydrogen-bond acceptors (Lipinski definition) is 3. The van der Waals surface area contributed by atoms with E-state index in [0.29, 0.717) is 25.1 Å². The Kier molecular flexibility index (Phi) is 5.61. The van der Waals surface area contributed by atoms with Crippen molar-refractivity contribution < 1.29 is 13.6 Å². The molecular weight excluding hydrogens is 304 g/mol. The van der Waals surface area contributed by atoms with Crippen molar-refractivity contribution in [3.05, 3.63) is 48.1 Å². The Hall–Kier alpha value is -2.51. The van der Waals surface area contributed by atoms with Crippen molar-refractivity contribution in [1.29, 1.82) is 0 Å². The predicted molar refractivity (Wildman–Crippen MR) is 80.6 cm³/mol. The third-order valence-corrected chi connectivity index (χ3v) is 3.63. The average molecular weight is 323 g/mol. The highest BCUT2D eigenvalue weighted by Crippen LogP contribution is 2.20. The van der Waals surface area contributed by atoms with Crippen LogP contribution in [0.15, 0.2) is 30.9 Å². The van der Waals surface area contributed by atoms with Crippen molar-refractivity contribution in [1.82, 2.24) is 25.0 Å². The predicted octanol–water partition coefficient (Wildman–Crippen LogP) is 2.35. The van der Waals surface area contributed by atoms with Gasteiger partial charge in [-0.15, -0.1) is 0 Å². The Balaban J connectivity index is 1.82. The van der Waals surface area contributed by atoms with Gasteiger partial charge in [-0.1, -0.05) is 6.07 Å². The lowest BCUT2D eigenvalue weighted by atomic mass is 10.1. The summed E-state index contributed by atoms with van der Waals surface area (Å²) in [5.74, 6) is -1.82. The first-order chi connectivity index (χ1) is 11.0. The summed E-state index contributed by atoms with van der Waals surface area (Å²) in [6, 6.07) is 2.98. The third-order valence-electron chi connectivity index (χ3n) is 3.63. The molecule has 0 radical (unpaired) electrons. The van der Waals surface area contributed by atoms with Gasteiger partial charge in [0.05, 0.1) is 6.04 Å². The molecule has 6 nitrogen and oxygen atoms in total. The lowest BCUT2D eigenvalue weighted by molar-refractivity contribution is 0.194. The van der Waals surface area contributed by atoms with Gasteiger partial charge in [0.25, 0.3) is 0 Å². The molecule has 0 spiro atoms. The van der Waals surface area contributed by atoms with E-state index in [4.69, 9.17) is 0 Å². The molecule has 1 N–H and O–H groups in total. The monoisotopic (exact) mass is 323 g/mol. The van der Waals surface area contributed by atoms with Gasteiger partial charge in [-0.2, -0.15) is 5.10 Å². The first-order valence-electron chi connectivity index (χ1n) is 7.27. The van der Waals surface area contributed by atoms with Crippen LogP contribution in [0, 0.1) is 11.6 Å². The van der Waals surface area contributed by atoms with E-state index >= 15 is 0 Å². The normalized spacial score (nSPS) is 12.0. The summed E-state index contributed by atoms with van der Waals surface area (Å²) in [4.78, 5) is 17.4. The molecule has 1 atom stereocenters. The van der Waals surface area contributed by atoms with Gasteiger partial charge in [0.1, 0.15) is 12.7 Å². The van der Waals surface area contributed by atoms with Gasteiger partial charge in [-0.3, -0.25) is 4.68 Å². The number of aromatic nitrogens is 3. The first-order valence-corrected chi connectivity index (χ1v) is 7.27. The second-order valence-electron chi connectivity index (χ2n) is 5.20. The largest absolute Gasteiger partial charge is 0.338 e. The molecular formula is C15H19F2N5O. The fraction of sp³-hybridized carbons (Fsp3) is 0.400. The van der Waals surface area contributed by atoms with Crippen molar-refractivity contribution in [2.24, 2.45) is 0 Å². The first kappa shape index (κ1) is 16.9. The maximum absolute atomic E-state index is 13.3. The Labute approximate surface area is 133 Å². The minimum atomic E-state index is -0.920. The molecule has 0 unspecified atom stereocenters. The van der Waals surface area contributed by atoms with Crippen LogP contribution in [0.25, 0.3) is 0 Å². The van der Waals surface area contributed by atoms with Crippen LogP contribution in [-0.2, 0) is 6.54 Å². The van der Waals surface area contributed by atoms with E-state index in [0.717, 1.165) is 12.1 Å². The molecule has 0 aliphatic carbocycles. The zero-order valence-corrected chi connectivity index (χ0v) is 13.0. The molecule has 2 amide bonds. The molecule has 124 valence electrons. The standard InChI is InChI=1S/C15H19F2N5O/c1-11(12-4-5-13(16)14(17)8-12)21(2)15(23)19-6-3-7-22-10-18-9-20-22/h4-5,8-11H,3,6-7H2,1-2H3,(H,19,23)/t11-/m1/s1. The number of halogens is 2. The number of benzene rings is 1. The number of aryl methyl sites for hydroxylation is 1. The Morgan fingerprint density at radius 1 is 1.39 bits per heavy atom. The van der Waals surface area contributed by atoms with E-state index in [1.165, 1.54) is 17.3 Å². The molecule has 2 aromatic rings. The molecule has 8 heteroatoms. The van der Waals surface area contributed by atoms with Gasteiger partial charge in [-0.25, -0.2) is 18.6 Å². The van der Waals surface area contributed by atoms with Crippen LogP contribution < -0.4 is 5.32 Å². The summed E-state index contributed by atoms with van der Waals surface area (Å²) < 4.78 is 27.9. The molecule has 0 aliphatic rings. The number of hydrogen-bond donors (Lipinski definition) is 1. The Morgan fingerprint density at radius 2 is 2.17 bits per heavy atom. The molecule has 0 fully saturated rings. The summed E-state index contributed by atoms with van der Waals surface area (Å²) in [5.41, 5.74) is 0.532. The molecule has 1 aromatic heterocycles. The number of nitrogens with one attached hydrogen (secondary N) is 1. The lowest BCUT2D eigenvalue weighted by Gasteiger charge is -2.25. The van der Waals surface area contributed by atoms with E-state index in [-0.39, 0.29) is 12.1 Å². The highest BCUT2D eigenvalue weighted by atomic mass is 19.2. The van der Waals surface area contributed by atoms with Crippen LogP contribution in [0.2, 0.25) is 0 Å². The second kappa shape index (κ2) is 7.66.